The average Bonchev–Trinajstić information content (AvgIpc) is 2.91. The summed E-state index contributed by atoms with van der Waals surface area (Å²) in [6.07, 6.45) is 4.27. The van der Waals surface area contributed by atoms with Crippen molar-refractivity contribution in [2.24, 2.45) is 7.05 Å². The number of aryl methyl sites for hydroxylation is 2. The van der Waals surface area contributed by atoms with E-state index in [0.717, 1.165) is 29.9 Å². The van der Waals surface area contributed by atoms with Gasteiger partial charge in [-0.1, -0.05) is 0 Å². The van der Waals surface area contributed by atoms with Gasteiger partial charge in [0.15, 0.2) is 0 Å². The number of aromatic nitrogens is 2. The summed E-state index contributed by atoms with van der Waals surface area (Å²) in [7, 11) is 2.03. The Morgan fingerprint density at radius 3 is 3.00 bits per heavy atom. The van der Waals surface area contributed by atoms with Crippen molar-refractivity contribution in [1.82, 2.24) is 14.7 Å². The molecule has 0 N–H and O–H groups in total. The van der Waals surface area contributed by atoms with Crippen LogP contribution in [-0.4, -0.2) is 40.0 Å². The van der Waals surface area contributed by atoms with Crippen molar-refractivity contribution in [1.29, 1.82) is 0 Å². The first kappa shape index (κ1) is 12.6. The van der Waals surface area contributed by atoms with E-state index in [1.807, 2.05) is 18.7 Å². The first-order valence-corrected chi connectivity index (χ1v) is 7.49. The fraction of sp³-hybridized carbons (Fsp3) is 0.769. The Kier molecular flexibility index (Phi) is 3.47. The van der Waals surface area contributed by atoms with Gasteiger partial charge in [-0.05, 0) is 42.1 Å². The highest BCUT2D eigenvalue weighted by atomic mass is 79.9. The number of nitrogens with zero attached hydrogens (tertiary/aromatic N) is 3. The molecule has 18 heavy (non-hydrogen) atoms. The Bertz CT molecular complexity index is 446. The number of hydrogen-bond donors (Lipinski definition) is 0. The molecule has 2 heterocycles. The van der Waals surface area contributed by atoms with Gasteiger partial charge >= 0.3 is 0 Å². The van der Waals surface area contributed by atoms with E-state index in [2.05, 4.69) is 25.9 Å². The number of hydrogen-bond acceptors (Lipinski definition) is 3. The van der Waals surface area contributed by atoms with Crippen LogP contribution in [0.1, 0.15) is 30.7 Å². The third-order valence-corrected chi connectivity index (χ3v) is 5.24. The highest BCUT2D eigenvalue weighted by molar-refractivity contribution is 9.10. The lowest BCUT2D eigenvalue weighted by Gasteiger charge is -2.37. The lowest BCUT2D eigenvalue weighted by Crippen LogP contribution is -2.48. The minimum atomic E-state index is 0.465. The summed E-state index contributed by atoms with van der Waals surface area (Å²) in [6, 6.07) is 0.612. The molecule has 1 saturated heterocycles. The summed E-state index contributed by atoms with van der Waals surface area (Å²) in [4.78, 5) is 2.57. The van der Waals surface area contributed by atoms with Crippen LogP contribution in [0, 0.1) is 6.92 Å². The highest BCUT2D eigenvalue weighted by Gasteiger charge is 2.36. The maximum absolute atomic E-state index is 5.86. The molecular weight excluding hydrogens is 294 g/mol. The molecule has 100 valence electrons. The maximum atomic E-state index is 5.86. The lowest BCUT2D eigenvalue weighted by molar-refractivity contribution is -0.0595. The molecule has 4 nitrogen and oxygen atoms in total. The van der Waals surface area contributed by atoms with Gasteiger partial charge < -0.3 is 4.74 Å². The van der Waals surface area contributed by atoms with Gasteiger partial charge in [0.2, 0.25) is 0 Å². The largest absolute Gasteiger partial charge is 0.375 e. The topological polar surface area (TPSA) is 30.3 Å². The van der Waals surface area contributed by atoms with Crippen LogP contribution in [0.4, 0.5) is 0 Å². The monoisotopic (exact) mass is 313 g/mol. The predicted molar refractivity (Wildman–Crippen MR) is 73.4 cm³/mol. The van der Waals surface area contributed by atoms with Crippen molar-refractivity contribution in [3.8, 4) is 0 Å². The van der Waals surface area contributed by atoms with E-state index in [1.165, 1.54) is 25.0 Å². The summed E-state index contributed by atoms with van der Waals surface area (Å²) in [6.45, 7) is 4.93. The second-order valence-electron chi connectivity index (χ2n) is 5.35. The quantitative estimate of drug-likeness (QED) is 0.839. The molecular formula is C13H20BrN3O. The minimum Gasteiger partial charge on any atom is -0.375 e. The van der Waals surface area contributed by atoms with Gasteiger partial charge in [-0.3, -0.25) is 9.58 Å². The molecule has 0 radical (unpaired) electrons. The summed E-state index contributed by atoms with van der Waals surface area (Å²) < 4.78 is 9.02. The molecule has 2 fully saturated rings. The number of morpholine rings is 1. The molecule has 1 saturated carbocycles. The Morgan fingerprint density at radius 2 is 2.28 bits per heavy atom. The van der Waals surface area contributed by atoms with Gasteiger partial charge in [0, 0.05) is 26.2 Å². The van der Waals surface area contributed by atoms with E-state index in [1.54, 1.807) is 0 Å². The molecule has 1 aliphatic carbocycles. The van der Waals surface area contributed by atoms with Crippen molar-refractivity contribution >= 4 is 15.9 Å². The van der Waals surface area contributed by atoms with Crippen LogP contribution in [0.15, 0.2) is 4.47 Å². The molecule has 1 aromatic rings. The number of rotatable bonds is 2. The molecule has 2 aliphatic rings. The van der Waals surface area contributed by atoms with Gasteiger partial charge in [-0.15, -0.1) is 0 Å². The van der Waals surface area contributed by atoms with E-state index in [0.29, 0.717) is 12.1 Å². The van der Waals surface area contributed by atoms with Crippen molar-refractivity contribution in [3.63, 3.8) is 0 Å². The summed E-state index contributed by atoms with van der Waals surface area (Å²) in [5.74, 6) is 0. The van der Waals surface area contributed by atoms with Gasteiger partial charge in [-0.2, -0.15) is 5.10 Å². The predicted octanol–water partition coefficient (Wildman–Crippen LogP) is 2.24. The van der Waals surface area contributed by atoms with E-state index in [-0.39, 0.29) is 0 Å². The number of halogens is 1. The molecule has 1 aliphatic heterocycles. The number of fused-ring (bicyclic) bond motifs is 1. The van der Waals surface area contributed by atoms with Crippen LogP contribution < -0.4 is 0 Å². The highest BCUT2D eigenvalue weighted by Crippen LogP contribution is 2.32. The zero-order valence-electron chi connectivity index (χ0n) is 11.0. The fourth-order valence-electron chi connectivity index (χ4n) is 3.25. The van der Waals surface area contributed by atoms with E-state index in [4.69, 9.17) is 4.74 Å². The van der Waals surface area contributed by atoms with Crippen LogP contribution in [0.25, 0.3) is 0 Å². The molecule has 1 aromatic heterocycles. The van der Waals surface area contributed by atoms with Crippen LogP contribution in [-0.2, 0) is 18.3 Å². The molecule has 2 atom stereocenters. The first-order valence-electron chi connectivity index (χ1n) is 6.70. The Balaban J connectivity index is 1.79. The molecule has 0 bridgehead atoms. The van der Waals surface area contributed by atoms with Gasteiger partial charge in [0.25, 0.3) is 0 Å². The summed E-state index contributed by atoms with van der Waals surface area (Å²) in [5.41, 5.74) is 2.35. The van der Waals surface area contributed by atoms with Crippen LogP contribution in [0.2, 0.25) is 0 Å². The van der Waals surface area contributed by atoms with Gasteiger partial charge in [-0.25, -0.2) is 0 Å². The third kappa shape index (κ3) is 2.12. The van der Waals surface area contributed by atoms with Crippen LogP contribution in [0.5, 0.6) is 0 Å². The third-order valence-electron chi connectivity index (χ3n) is 4.21. The molecule has 5 heteroatoms. The SMILES string of the molecule is Cc1nn(C)c(CN2CCOC3CCCC32)c1Br. The smallest absolute Gasteiger partial charge is 0.0739 e. The van der Waals surface area contributed by atoms with Crippen molar-refractivity contribution in [2.45, 2.75) is 44.9 Å². The van der Waals surface area contributed by atoms with Crippen molar-refractivity contribution < 1.29 is 4.74 Å². The average molecular weight is 314 g/mol. The molecule has 3 rings (SSSR count). The number of ether oxygens (including phenoxy) is 1. The first-order chi connectivity index (χ1) is 8.66. The summed E-state index contributed by atoms with van der Waals surface area (Å²) in [5, 5.41) is 4.47. The second-order valence-corrected chi connectivity index (χ2v) is 6.14. The van der Waals surface area contributed by atoms with E-state index < -0.39 is 0 Å². The van der Waals surface area contributed by atoms with Gasteiger partial charge in [0.05, 0.1) is 28.6 Å². The standard InChI is InChI=1S/C13H20BrN3O/c1-9-13(14)11(16(2)15-9)8-17-6-7-18-12-5-3-4-10(12)17/h10,12H,3-8H2,1-2H3. The van der Waals surface area contributed by atoms with Crippen LogP contribution >= 0.6 is 15.9 Å². The normalized spacial score (nSPS) is 28.6. The minimum absolute atomic E-state index is 0.465. The molecule has 0 spiro atoms. The fourth-order valence-corrected chi connectivity index (χ4v) is 3.71. The van der Waals surface area contributed by atoms with E-state index in [9.17, 15) is 0 Å². The summed E-state index contributed by atoms with van der Waals surface area (Å²) >= 11 is 3.66. The van der Waals surface area contributed by atoms with Gasteiger partial charge in [0.1, 0.15) is 0 Å². The molecule has 2 unspecified atom stereocenters. The van der Waals surface area contributed by atoms with E-state index >= 15 is 0 Å². The lowest BCUT2D eigenvalue weighted by atomic mass is 10.1. The maximum Gasteiger partial charge on any atom is 0.0739 e. The Labute approximate surface area is 116 Å². The zero-order valence-corrected chi connectivity index (χ0v) is 12.6. The zero-order chi connectivity index (χ0) is 12.7. The second kappa shape index (κ2) is 4.94. The Hall–Kier alpha value is -0.390. The van der Waals surface area contributed by atoms with Crippen molar-refractivity contribution in [2.75, 3.05) is 13.2 Å². The molecule has 0 aromatic carbocycles. The van der Waals surface area contributed by atoms with Crippen molar-refractivity contribution in [3.05, 3.63) is 15.9 Å². The van der Waals surface area contributed by atoms with Crippen LogP contribution in [0.3, 0.4) is 0 Å². The Morgan fingerprint density at radius 1 is 1.44 bits per heavy atom. The molecule has 0 amide bonds.